The van der Waals surface area contributed by atoms with Gasteiger partial charge in [0.15, 0.2) is 0 Å². The van der Waals surface area contributed by atoms with Gasteiger partial charge in [-0.3, -0.25) is 0 Å². The molecule has 2 aromatic rings. The minimum absolute atomic E-state index is 0.406. The molecule has 4 nitrogen and oxygen atoms in total. The van der Waals surface area contributed by atoms with Crippen molar-refractivity contribution in [2.45, 2.75) is 53.0 Å². The first-order chi connectivity index (χ1) is 9.02. The van der Waals surface area contributed by atoms with Crippen LogP contribution in [0.5, 0.6) is 0 Å². The molecule has 2 aromatic heterocycles. The third-order valence-corrected chi connectivity index (χ3v) is 4.79. The second kappa shape index (κ2) is 4.22. The quantitative estimate of drug-likeness (QED) is 0.899. The van der Waals surface area contributed by atoms with Crippen LogP contribution in [0, 0.1) is 19.3 Å². The molecule has 0 unspecified atom stereocenters. The normalized spacial score (nSPS) is 18.3. The Hall–Kier alpha value is -1.58. The molecule has 0 bridgehead atoms. The van der Waals surface area contributed by atoms with E-state index in [4.69, 9.17) is 5.73 Å². The number of hydrogen-bond donors (Lipinski definition) is 1. The van der Waals surface area contributed by atoms with Crippen molar-refractivity contribution in [1.29, 1.82) is 0 Å². The molecule has 2 heterocycles. The molecular weight excluding hydrogens is 236 g/mol. The van der Waals surface area contributed by atoms with E-state index in [1.807, 2.05) is 0 Å². The lowest BCUT2D eigenvalue weighted by atomic mass is 9.89. The Labute approximate surface area is 114 Å². The number of hydrogen-bond acceptors (Lipinski definition) is 3. The summed E-state index contributed by atoms with van der Waals surface area (Å²) in [7, 11) is 0. The summed E-state index contributed by atoms with van der Waals surface area (Å²) in [6.45, 7) is 7.71. The van der Waals surface area contributed by atoms with Crippen molar-refractivity contribution in [2.24, 2.45) is 5.41 Å². The maximum absolute atomic E-state index is 6.02. The average Bonchev–Trinajstić information content (AvgIpc) is 2.89. The Balaban J connectivity index is 2.13. The Morgan fingerprint density at radius 1 is 1.26 bits per heavy atom. The number of rotatable bonds is 2. The molecule has 1 aliphatic carbocycles. The van der Waals surface area contributed by atoms with Crippen LogP contribution in [0.1, 0.15) is 43.9 Å². The predicted octanol–water partition coefficient (Wildman–Crippen LogP) is 3.21. The van der Waals surface area contributed by atoms with Crippen molar-refractivity contribution in [3.05, 3.63) is 17.6 Å². The standard InChI is InChI=1S/C15H22N4/c1-10-11(2)19(8-15(3)6-4-5-7-15)14-12(10)13(16)17-9-18-14/h9H,4-8H2,1-3H3,(H2,16,17,18). The number of nitrogens with two attached hydrogens (primary N) is 1. The molecule has 0 radical (unpaired) electrons. The fourth-order valence-corrected chi connectivity index (χ4v) is 3.46. The minimum Gasteiger partial charge on any atom is -0.383 e. The first-order valence-electron chi connectivity index (χ1n) is 7.08. The van der Waals surface area contributed by atoms with Gasteiger partial charge < -0.3 is 10.3 Å². The number of aryl methyl sites for hydroxylation is 1. The Morgan fingerprint density at radius 3 is 2.63 bits per heavy atom. The molecule has 0 atom stereocenters. The molecule has 0 aromatic carbocycles. The topological polar surface area (TPSA) is 56.7 Å². The van der Waals surface area contributed by atoms with Crippen molar-refractivity contribution >= 4 is 16.9 Å². The Bertz CT molecular complexity index is 621. The molecule has 1 fully saturated rings. The van der Waals surface area contributed by atoms with Gasteiger partial charge in [0, 0.05) is 12.2 Å². The third-order valence-electron chi connectivity index (χ3n) is 4.79. The van der Waals surface area contributed by atoms with E-state index >= 15 is 0 Å². The van der Waals surface area contributed by atoms with Crippen molar-refractivity contribution < 1.29 is 0 Å². The summed E-state index contributed by atoms with van der Waals surface area (Å²) < 4.78 is 2.34. The lowest BCUT2D eigenvalue weighted by molar-refractivity contribution is 0.283. The Morgan fingerprint density at radius 2 is 1.95 bits per heavy atom. The van der Waals surface area contributed by atoms with Gasteiger partial charge in [-0.15, -0.1) is 0 Å². The Kier molecular flexibility index (Phi) is 2.77. The molecule has 1 saturated carbocycles. The molecule has 0 amide bonds. The molecular formula is C15H22N4. The van der Waals surface area contributed by atoms with Gasteiger partial charge in [0.1, 0.15) is 17.8 Å². The number of nitrogens with zero attached hydrogens (tertiary/aromatic N) is 3. The minimum atomic E-state index is 0.406. The molecule has 3 rings (SSSR count). The van der Waals surface area contributed by atoms with E-state index in [9.17, 15) is 0 Å². The molecule has 102 valence electrons. The van der Waals surface area contributed by atoms with E-state index in [1.54, 1.807) is 6.33 Å². The maximum Gasteiger partial charge on any atom is 0.145 e. The highest BCUT2D eigenvalue weighted by Gasteiger charge is 2.30. The van der Waals surface area contributed by atoms with Gasteiger partial charge in [-0.25, -0.2) is 9.97 Å². The maximum atomic E-state index is 6.02. The highest BCUT2D eigenvalue weighted by molar-refractivity contribution is 5.90. The van der Waals surface area contributed by atoms with E-state index in [2.05, 4.69) is 35.3 Å². The van der Waals surface area contributed by atoms with Gasteiger partial charge in [0.2, 0.25) is 0 Å². The van der Waals surface area contributed by atoms with Crippen LogP contribution < -0.4 is 5.73 Å². The number of nitrogen functional groups attached to an aromatic ring is 1. The van der Waals surface area contributed by atoms with Gasteiger partial charge in [0.25, 0.3) is 0 Å². The fourth-order valence-electron chi connectivity index (χ4n) is 3.46. The smallest absolute Gasteiger partial charge is 0.145 e. The monoisotopic (exact) mass is 258 g/mol. The zero-order valence-electron chi connectivity index (χ0n) is 12.0. The number of fused-ring (bicyclic) bond motifs is 1. The van der Waals surface area contributed by atoms with Crippen molar-refractivity contribution in [3.63, 3.8) is 0 Å². The van der Waals surface area contributed by atoms with Crippen molar-refractivity contribution in [1.82, 2.24) is 14.5 Å². The molecule has 0 spiro atoms. The number of anilines is 1. The van der Waals surface area contributed by atoms with Crippen molar-refractivity contribution in [2.75, 3.05) is 5.73 Å². The van der Waals surface area contributed by atoms with Gasteiger partial charge in [-0.05, 0) is 37.7 Å². The summed E-state index contributed by atoms with van der Waals surface area (Å²) in [5.41, 5.74) is 9.91. The molecule has 0 saturated heterocycles. The molecule has 1 aliphatic rings. The summed E-state index contributed by atoms with van der Waals surface area (Å²) in [6.07, 6.45) is 6.90. The van der Waals surface area contributed by atoms with Crippen LogP contribution in [-0.4, -0.2) is 14.5 Å². The second-order valence-electron chi connectivity index (χ2n) is 6.27. The zero-order valence-corrected chi connectivity index (χ0v) is 12.0. The van der Waals surface area contributed by atoms with Gasteiger partial charge in [-0.1, -0.05) is 19.8 Å². The molecule has 4 heteroatoms. The predicted molar refractivity (Wildman–Crippen MR) is 78.0 cm³/mol. The summed E-state index contributed by atoms with van der Waals surface area (Å²) in [5, 5.41) is 1.03. The SMILES string of the molecule is Cc1c(C)n(CC2(C)CCCC2)c2ncnc(N)c12. The number of aromatic nitrogens is 3. The van der Waals surface area contributed by atoms with E-state index in [0.29, 0.717) is 11.2 Å². The first-order valence-corrected chi connectivity index (χ1v) is 7.08. The summed E-state index contributed by atoms with van der Waals surface area (Å²) in [5.74, 6) is 0.598. The second-order valence-corrected chi connectivity index (χ2v) is 6.27. The van der Waals surface area contributed by atoms with Gasteiger partial charge in [0.05, 0.1) is 5.39 Å². The largest absolute Gasteiger partial charge is 0.383 e. The highest BCUT2D eigenvalue weighted by atomic mass is 15.1. The molecule has 19 heavy (non-hydrogen) atoms. The van der Waals surface area contributed by atoms with Crippen LogP contribution in [0.15, 0.2) is 6.33 Å². The first kappa shape index (κ1) is 12.5. The van der Waals surface area contributed by atoms with E-state index in [1.165, 1.54) is 36.9 Å². The molecule has 2 N–H and O–H groups in total. The van der Waals surface area contributed by atoms with Crippen molar-refractivity contribution in [3.8, 4) is 0 Å². The van der Waals surface area contributed by atoms with Crippen LogP contribution in [0.3, 0.4) is 0 Å². The van der Waals surface area contributed by atoms with Crippen LogP contribution in [-0.2, 0) is 6.54 Å². The van der Waals surface area contributed by atoms with Crippen LogP contribution in [0.25, 0.3) is 11.0 Å². The summed E-state index contributed by atoms with van der Waals surface area (Å²) in [6, 6.07) is 0. The van der Waals surface area contributed by atoms with E-state index in [-0.39, 0.29) is 0 Å². The fraction of sp³-hybridized carbons (Fsp3) is 0.600. The molecule has 0 aliphatic heterocycles. The third kappa shape index (κ3) is 1.90. The lowest BCUT2D eigenvalue weighted by Crippen LogP contribution is -2.20. The summed E-state index contributed by atoms with van der Waals surface area (Å²) in [4.78, 5) is 8.59. The lowest BCUT2D eigenvalue weighted by Gasteiger charge is -2.25. The van der Waals surface area contributed by atoms with Crippen LogP contribution >= 0.6 is 0 Å². The van der Waals surface area contributed by atoms with E-state index < -0.39 is 0 Å². The summed E-state index contributed by atoms with van der Waals surface area (Å²) >= 11 is 0. The zero-order chi connectivity index (χ0) is 13.6. The van der Waals surface area contributed by atoms with Gasteiger partial charge in [-0.2, -0.15) is 0 Å². The van der Waals surface area contributed by atoms with Gasteiger partial charge >= 0.3 is 0 Å². The van der Waals surface area contributed by atoms with Crippen LogP contribution in [0.2, 0.25) is 0 Å². The van der Waals surface area contributed by atoms with E-state index in [0.717, 1.165) is 17.6 Å². The van der Waals surface area contributed by atoms with Crippen LogP contribution in [0.4, 0.5) is 5.82 Å². The average molecular weight is 258 g/mol. The highest BCUT2D eigenvalue weighted by Crippen LogP contribution is 2.40.